The molecule has 1 aromatic heterocycles. The minimum absolute atomic E-state index is 0.0427. The van der Waals surface area contributed by atoms with E-state index in [-0.39, 0.29) is 5.91 Å². The number of halogens is 1. The van der Waals surface area contributed by atoms with Gasteiger partial charge in [0.25, 0.3) is 5.91 Å². The third-order valence-corrected chi connectivity index (χ3v) is 7.28. The molecule has 0 unspecified atom stereocenters. The Labute approximate surface area is 219 Å². The number of thioether (sulfide) groups is 1. The van der Waals surface area contributed by atoms with Crippen LogP contribution in [0.15, 0.2) is 78.0 Å². The summed E-state index contributed by atoms with van der Waals surface area (Å²) in [4.78, 5) is 14.6. The van der Waals surface area contributed by atoms with E-state index in [1.807, 2.05) is 82.3 Å². The number of amides is 1. The normalized spacial score (nSPS) is 13.6. The van der Waals surface area contributed by atoms with E-state index in [1.54, 1.807) is 18.9 Å². The number of carbonyl (C=O) groups is 1. The molecule has 9 heteroatoms. The zero-order valence-corrected chi connectivity index (χ0v) is 21.3. The number of benzene rings is 3. The third kappa shape index (κ3) is 5.26. The highest BCUT2D eigenvalue weighted by molar-refractivity contribution is 7.98. The maximum atomic E-state index is 12.7. The number of carbonyl (C=O) groups excluding carboxylic acids is 1. The largest absolute Gasteiger partial charge is 0.497 e. The molecule has 0 N–H and O–H groups in total. The maximum Gasteiger partial charge on any atom is 0.254 e. The van der Waals surface area contributed by atoms with E-state index in [9.17, 15) is 4.79 Å². The second-order valence-corrected chi connectivity index (χ2v) is 9.56. The average Bonchev–Trinajstić information content (AvgIpc) is 3.36. The van der Waals surface area contributed by atoms with Gasteiger partial charge in [-0.15, -0.1) is 10.2 Å². The van der Waals surface area contributed by atoms with E-state index in [4.69, 9.17) is 21.1 Å². The minimum atomic E-state index is 0.0427. The molecule has 7 nitrogen and oxygen atoms in total. The minimum Gasteiger partial charge on any atom is -0.497 e. The molecule has 0 spiro atoms. The quantitative estimate of drug-likeness (QED) is 0.305. The van der Waals surface area contributed by atoms with Gasteiger partial charge in [-0.2, -0.15) is 0 Å². The fraction of sp³-hybridized carbons (Fsp3) is 0.222. The van der Waals surface area contributed by atoms with Crippen LogP contribution in [-0.4, -0.2) is 59.0 Å². The second-order valence-electron chi connectivity index (χ2n) is 8.21. The SMILES string of the molecule is COc1ccc(-n2c(SCc3ccc(C(=O)N4CCOCC4)cc3)nnc2-c2ccccc2Cl)cc1. The lowest BCUT2D eigenvalue weighted by molar-refractivity contribution is 0.0303. The molecule has 184 valence electrons. The molecule has 0 atom stereocenters. The van der Waals surface area contributed by atoms with Crippen molar-refractivity contribution in [3.8, 4) is 22.8 Å². The number of hydrogen-bond donors (Lipinski definition) is 0. The summed E-state index contributed by atoms with van der Waals surface area (Å²) in [6.07, 6.45) is 0. The standard InChI is InChI=1S/C27H25ClN4O3S/c1-34-22-12-10-21(11-13-22)32-25(23-4-2-3-5-24(23)28)29-30-27(32)36-18-19-6-8-20(9-7-19)26(33)31-14-16-35-17-15-31/h2-13H,14-18H2,1H3. The number of aromatic nitrogens is 3. The molecule has 36 heavy (non-hydrogen) atoms. The van der Waals surface area contributed by atoms with Crippen molar-refractivity contribution in [2.45, 2.75) is 10.9 Å². The van der Waals surface area contributed by atoms with Crippen LogP contribution in [-0.2, 0) is 10.5 Å². The van der Waals surface area contributed by atoms with Gasteiger partial charge in [-0.05, 0) is 54.1 Å². The molecule has 3 aromatic carbocycles. The number of hydrogen-bond acceptors (Lipinski definition) is 6. The van der Waals surface area contributed by atoms with Crippen molar-refractivity contribution in [3.63, 3.8) is 0 Å². The van der Waals surface area contributed by atoms with Crippen LogP contribution in [0.4, 0.5) is 0 Å². The van der Waals surface area contributed by atoms with Gasteiger partial charge in [0.05, 0.1) is 25.3 Å². The van der Waals surface area contributed by atoms with Gasteiger partial charge in [-0.25, -0.2) is 0 Å². The summed E-state index contributed by atoms with van der Waals surface area (Å²) < 4.78 is 12.7. The molecule has 1 aliphatic heterocycles. The van der Waals surface area contributed by atoms with E-state index in [1.165, 1.54) is 0 Å². The number of ether oxygens (including phenoxy) is 2. The summed E-state index contributed by atoms with van der Waals surface area (Å²) in [7, 11) is 1.64. The molecule has 1 aliphatic rings. The smallest absolute Gasteiger partial charge is 0.254 e. The van der Waals surface area contributed by atoms with Crippen molar-refractivity contribution < 1.29 is 14.3 Å². The van der Waals surface area contributed by atoms with Crippen LogP contribution in [0.1, 0.15) is 15.9 Å². The van der Waals surface area contributed by atoms with Gasteiger partial charge in [-0.3, -0.25) is 9.36 Å². The highest BCUT2D eigenvalue weighted by atomic mass is 35.5. The van der Waals surface area contributed by atoms with Gasteiger partial charge < -0.3 is 14.4 Å². The van der Waals surface area contributed by atoms with Crippen molar-refractivity contribution >= 4 is 29.3 Å². The first-order valence-electron chi connectivity index (χ1n) is 11.6. The zero-order chi connectivity index (χ0) is 24.9. The van der Waals surface area contributed by atoms with Crippen LogP contribution in [0.5, 0.6) is 5.75 Å². The van der Waals surface area contributed by atoms with E-state index in [0.717, 1.165) is 27.7 Å². The molecule has 1 fully saturated rings. The Morgan fingerprint density at radius 1 is 1.00 bits per heavy atom. The summed E-state index contributed by atoms with van der Waals surface area (Å²) in [6, 6.07) is 23.1. The van der Waals surface area contributed by atoms with E-state index in [2.05, 4.69) is 10.2 Å². The third-order valence-electron chi connectivity index (χ3n) is 5.95. The summed E-state index contributed by atoms with van der Waals surface area (Å²) >= 11 is 8.07. The van der Waals surface area contributed by atoms with Gasteiger partial charge >= 0.3 is 0 Å². The van der Waals surface area contributed by atoms with Crippen LogP contribution in [0.25, 0.3) is 17.1 Å². The lowest BCUT2D eigenvalue weighted by Gasteiger charge is -2.26. The summed E-state index contributed by atoms with van der Waals surface area (Å²) in [6.45, 7) is 2.44. The number of morpholine rings is 1. The summed E-state index contributed by atoms with van der Waals surface area (Å²) in [5.74, 6) is 2.15. The van der Waals surface area contributed by atoms with Gasteiger partial charge in [0, 0.05) is 35.7 Å². The van der Waals surface area contributed by atoms with Crippen molar-refractivity contribution in [3.05, 3.63) is 88.9 Å². The van der Waals surface area contributed by atoms with Crippen LogP contribution in [0, 0.1) is 0 Å². The Morgan fingerprint density at radius 3 is 2.42 bits per heavy atom. The molecular weight excluding hydrogens is 496 g/mol. The Bertz CT molecular complexity index is 1340. The predicted octanol–water partition coefficient (Wildman–Crippen LogP) is 5.36. The predicted molar refractivity (Wildman–Crippen MR) is 141 cm³/mol. The van der Waals surface area contributed by atoms with Gasteiger partial charge in [0.2, 0.25) is 0 Å². The molecular formula is C27H25ClN4O3S. The highest BCUT2D eigenvalue weighted by Crippen LogP contribution is 2.33. The second kappa shape index (κ2) is 11.2. The fourth-order valence-electron chi connectivity index (χ4n) is 3.98. The van der Waals surface area contributed by atoms with E-state index < -0.39 is 0 Å². The number of methoxy groups -OCH3 is 1. The van der Waals surface area contributed by atoms with Crippen molar-refractivity contribution in [1.29, 1.82) is 0 Å². The van der Waals surface area contributed by atoms with Crippen molar-refractivity contribution in [2.24, 2.45) is 0 Å². The zero-order valence-electron chi connectivity index (χ0n) is 19.8. The van der Waals surface area contributed by atoms with Gasteiger partial charge in [-0.1, -0.05) is 47.6 Å². The molecule has 1 amide bonds. The number of rotatable bonds is 7. The maximum absolute atomic E-state index is 12.7. The monoisotopic (exact) mass is 520 g/mol. The molecule has 0 saturated carbocycles. The Hall–Kier alpha value is -3.33. The Morgan fingerprint density at radius 2 is 1.72 bits per heavy atom. The van der Waals surface area contributed by atoms with Crippen LogP contribution < -0.4 is 4.74 Å². The average molecular weight is 521 g/mol. The summed E-state index contributed by atoms with van der Waals surface area (Å²) in [5, 5.41) is 10.3. The first-order chi connectivity index (χ1) is 17.6. The fourth-order valence-corrected chi connectivity index (χ4v) is 5.11. The van der Waals surface area contributed by atoms with Crippen LogP contribution >= 0.6 is 23.4 Å². The molecule has 5 rings (SSSR count). The summed E-state index contributed by atoms with van der Waals surface area (Å²) in [5.41, 5.74) is 3.49. The molecule has 0 aliphatic carbocycles. The van der Waals surface area contributed by atoms with Crippen LogP contribution in [0.2, 0.25) is 5.02 Å². The lowest BCUT2D eigenvalue weighted by Crippen LogP contribution is -2.40. The van der Waals surface area contributed by atoms with E-state index >= 15 is 0 Å². The first-order valence-corrected chi connectivity index (χ1v) is 12.9. The topological polar surface area (TPSA) is 69.5 Å². The van der Waals surface area contributed by atoms with Crippen molar-refractivity contribution in [1.82, 2.24) is 19.7 Å². The number of nitrogens with zero attached hydrogens (tertiary/aromatic N) is 4. The van der Waals surface area contributed by atoms with Gasteiger partial charge in [0.15, 0.2) is 11.0 Å². The van der Waals surface area contributed by atoms with Crippen molar-refractivity contribution in [2.75, 3.05) is 33.4 Å². The van der Waals surface area contributed by atoms with E-state index in [0.29, 0.717) is 48.5 Å². The Balaban J connectivity index is 1.38. The molecule has 2 heterocycles. The molecule has 0 radical (unpaired) electrons. The molecule has 0 bridgehead atoms. The molecule has 4 aromatic rings. The van der Waals surface area contributed by atoms with Crippen LogP contribution in [0.3, 0.4) is 0 Å². The van der Waals surface area contributed by atoms with Gasteiger partial charge in [0.1, 0.15) is 5.75 Å². The highest BCUT2D eigenvalue weighted by Gasteiger charge is 2.20. The first kappa shape index (κ1) is 24.4. The Kier molecular flexibility index (Phi) is 7.55. The molecule has 1 saturated heterocycles. The lowest BCUT2D eigenvalue weighted by atomic mass is 10.1.